The minimum atomic E-state index is 0.256. The molecule has 0 aliphatic heterocycles. The zero-order chi connectivity index (χ0) is 20.1. The molecule has 2 aromatic carbocycles. The van der Waals surface area contributed by atoms with Gasteiger partial charge in [0, 0.05) is 39.8 Å². The number of anilines is 1. The number of hydrogen-bond acceptors (Lipinski definition) is 6. The Morgan fingerprint density at radius 3 is 2.54 bits per heavy atom. The second-order valence-electron chi connectivity index (χ2n) is 5.79. The first-order valence-corrected chi connectivity index (χ1v) is 9.58. The molecule has 0 atom stereocenters. The Balaban J connectivity index is 1.73. The number of nitrogens with one attached hydrogen (secondary N) is 1. The van der Waals surface area contributed by atoms with Crippen molar-refractivity contribution in [2.45, 2.75) is 26.6 Å². The quantitative estimate of drug-likeness (QED) is 0.537. The van der Waals surface area contributed by atoms with E-state index >= 15 is 0 Å². The van der Waals surface area contributed by atoms with Crippen LogP contribution >= 0.6 is 34.8 Å². The number of halogens is 3. The van der Waals surface area contributed by atoms with Crippen LogP contribution in [0.2, 0.25) is 15.1 Å². The zero-order valence-corrected chi connectivity index (χ0v) is 17.5. The molecule has 0 saturated carbocycles. The molecular formula is C18H18Cl3N5O2. The second-order valence-corrected chi connectivity index (χ2v) is 7.04. The lowest BCUT2D eigenvalue weighted by Crippen LogP contribution is -2.08. The Morgan fingerprint density at radius 2 is 1.82 bits per heavy atom. The number of tetrazole rings is 1. The fraction of sp³-hybridized carbons (Fsp3) is 0.278. The molecular weight excluding hydrogens is 425 g/mol. The fourth-order valence-corrected chi connectivity index (χ4v) is 3.18. The molecule has 0 amide bonds. The molecule has 7 nitrogen and oxygen atoms in total. The monoisotopic (exact) mass is 441 g/mol. The van der Waals surface area contributed by atoms with Gasteiger partial charge in [0.05, 0.1) is 7.11 Å². The average molecular weight is 443 g/mol. The van der Waals surface area contributed by atoms with Gasteiger partial charge in [0.15, 0.2) is 11.5 Å². The van der Waals surface area contributed by atoms with E-state index < -0.39 is 0 Å². The van der Waals surface area contributed by atoms with Gasteiger partial charge >= 0.3 is 0 Å². The van der Waals surface area contributed by atoms with E-state index in [2.05, 4.69) is 20.8 Å². The number of benzene rings is 2. The standard InChI is InChI=1S/C18H18Cl3N5O2/c1-3-26-18(23-24-25-26)22-9-12-6-16(27-2)17(8-15(12)21)28-10-11-4-5-13(19)7-14(11)20/h4-8H,3,9-10H2,1-2H3,(H,22,23,25). The van der Waals surface area contributed by atoms with E-state index in [1.807, 2.05) is 19.1 Å². The van der Waals surface area contributed by atoms with Gasteiger partial charge in [0.25, 0.3) is 0 Å². The van der Waals surface area contributed by atoms with Crippen LogP contribution in [0.3, 0.4) is 0 Å². The molecule has 0 fully saturated rings. The second kappa shape index (κ2) is 9.32. The van der Waals surface area contributed by atoms with Crippen molar-refractivity contribution in [3.63, 3.8) is 0 Å². The van der Waals surface area contributed by atoms with Crippen LogP contribution in [0.5, 0.6) is 11.5 Å². The van der Waals surface area contributed by atoms with E-state index in [9.17, 15) is 0 Å². The lowest BCUT2D eigenvalue weighted by molar-refractivity contribution is 0.284. The summed E-state index contributed by atoms with van der Waals surface area (Å²) in [6.45, 7) is 3.30. The van der Waals surface area contributed by atoms with Crippen LogP contribution in [0.4, 0.5) is 5.95 Å². The lowest BCUT2D eigenvalue weighted by Gasteiger charge is -2.15. The summed E-state index contributed by atoms with van der Waals surface area (Å²) in [5.41, 5.74) is 1.63. The zero-order valence-electron chi connectivity index (χ0n) is 15.2. The topological polar surface area (TPSA) is 74.1 Å². The molecule has 1 aromatic heterocycles. The van der Waals surface area contributed by atoms with Crippen molar-refractivity contribution in [3.8, 4) is 11.5 Å². The molecule has 1 N–H and O–H groups in total. The predicted molar refractivity (Wildman–Crippen MR) is 110 cm³/mol. The van der Waals surface area contributed by atoms with Gasteiger partial charge in [-0.1, -0.05) is 46.0 Å². The van der Waals surface area contributed by atoms with E-state index in [-0.39, 0.29) is 6.61 Å². The third kappa shape index (κ3) is 4.79. The minimum absolute atomic E-state index is 0.256. The molecule has 0 bridgehead atoms. The van der Waals surface area contributed by atoms with Crippen molar-refractivity contribution in [3.05, 3.63) is 56.5 Å². The Kier molecular flexibility index (Phi) is 6.83. The molecule has 148 valence electrons. The number of aryl methyl sites for hydroxylation is 1. The highest BCUT2D eigenvalue weighted by Crippen LogP contribution is 2.34. The summed E-state index contributed by atoms with van der Waals surface area (Å²) in [6, 6.07) is 8.77. The van der Waals surface area contributed by atoms with E-state index in [0.29, 0.717) is 45.6 Å². The van der Waals surface area contributed by atoms with Crippen LogP contribution in [-0.4, -0.2) is 27.3 Å². The maximum Gasteiger partial charge on any atom is 0.243 e. The van der Waals surface area contributed by atoms with E-state index in [0.717, 1.165) is 11.1 Å². The molecule has 0 unspecified atom stereocenters. The van der Waals surface area contributed by atoms with Crippen molar-refractivity contribution < 1.29 is 9.47 Å². The SMILES string of the molecule is CCn1nnnc1NCc1cc(OC)c(OCc2ccc(Cl)cc2Cl)cc1Cl. The van der Waals surface area contributed by atoms with Gasteiger partial charge in [-0.25, -0.2) is 4.68 Å². The average Bonchev–Trinajstić information content (AvgIpc) is 3.14. The molecule has 0 radical (unpaired) electrons. The Bertz CT molecular complexity index is 964. The summed E-state index contributed by atoms with van der Waals surface area (Å²) >= 11 is 18.5. The molecule has 3 aromatic rings. The molecule has 0 saturated heterocycles. The van der Waals surface area contributed by atoms with Gasteiger partial charge in [-0.3, -0.25) is 0 Å². The van der Waals surface area contributed by atoms with Gasteiger partial charge in [-0.15, -0.1) is 0 Å². The highest BCUT2D eigenvalue weighted by atomic mass is 35.5. The summed E-state index contributed by atoms with van der Waals surface area (Å²) < 4.78 is 13.0. The molecule has 0 aliphatic rings. The molecule has 0 spiro atoms. The van der Waals surface area contributed by atoms with Crippen molar-refractivity contribution >= 4 is 40.8 Å². The van der Waals surface area contributed by atoms with Gasteiger partial charge in [0.2, 0.25) is 5.95 Å². The normalized spacial score (nSPS) is 10.8. The van der Waals surface area contributed by atoms with Gasteiger partial charge in [-0.2, -0.15) is 0 Å². The van der Waals surface area contributed by atoms with Crippen LogP contribution < -0.4 is 14.8 Å². The maximum absolute atomic E-state index is 6.43. The first-order chi connectivity index (χ1) is 13.5. The van der Waals surface area contributed by atoms with Crippen LogP contribution in [0.1, 0.15) is 18.1 Å². The highest BCUT2D eigenvalue weighted by Gasteiger charge is 2.13. The van der Waals surface area contributed by atoms with E-state index in [1.165, 1.54) is 0 Å². The number of nitrogens with zero attached hydrogens (tertiary/aromatic N) is 4. The maximum atomic E-state index is 6.43. The van der Waals surface area contributed by atoms with E-state index in [1.54, 1.807) is 30.0 Å². The number of ether oxygens (including phenoxy) is 2. The Labute approximate surface area is 177 Å². The molecule has 10 heteroatoms. The predicted octanol–water partition coefficient (Wildman–Crippen LogP) is 4.85. The van der Waals surface area contributed by atoms with Crippen LogP contribution in [0.25, 0.3) is 0 Å². The Morgan fingerprint density at radius 1 is 1.04 bits per heavy atom. The van der Waals surface area contributed by atoms with Gasteiger partial charge < -0.3 is 14.8 Å². The van der Waals surface area contributed by atoms with Crippen molar-refractivity contribution in [1.29, 1.82) is 0 Å². The Hall–Kier alpha value is -2.22. The van der Waals surface area contributed by atoms with Gasteiger partial charge in [-0.05, 0) is 41.1 Å². The summed E-state index contributed by atoms with van der Waals surface area (Å²) in [6.07, 6.45) is 0. The molecule has 3 rings (SSSR count). The summed E-state index contributed by atoms with van der Waals surface area (Å²) in [5.74, 6) is 1.64. The van der Waals surface area contributed by atoms with Crippen LogP contribution in [0.15, 0.2) is 30.3 Å². The summed E-state index contributed by atoms with van der Waals surface area (Å²) in [5, 5.41) is 16.3. The van der Waals surface area contributed by atoms with Crippen LogP contribution in [-0.2, 0) is 19.7 Å². The summed E-state index contributed by atoms with van der Waals surface area (Å²) in [7, 11) is 1.57. The smallest absolute Gasteiger partial charge is 0.243 e. The molecule has 28 heavy (non-hydrogen) atoms. The third-order valence-electron chi connectivity index (χ3n) is 4.00. The number of hydrogen-bond donors (Lipinski definition) is 1. The number of rotatable bonds is 8. The molecule has 0 aliphatic carbocycles. The van der Waals surface area contributed by atoms with Crippen molar-refractivity contribution in [2.75, 3.05) is 12.4 Å². The van der Waals surface area contributed by atoms with Crippen LogP contribution in [0, 0.1) is 0 Å². The number of methoxy groups -OCH3 is 1. The van der Waals surface area contributed by atoms with Crippen molar-refractivity contribution in [2.24, 2.45) is 0 Å². The van der Waals surface area contributed by atoms with Crippen molar-refractivity contribution in [1.82, 2.24) is 20.2 Å². The number of aromatic nitrogens is 4. The molecule has 1 heterocycles. The lowest BCUT2D eigenvalue weighted by atomic mass is 10.2. The summed E-state index contributed by atoms with van der Waals surface area (Å²) in [4.78, 5) is 0. The highest BCUT2D eigenvalue weighted by molar-refractivity contribution is 6.35. The fourth-order valence-electron chi connectivity index (χ4n) is 2.50. The minimum Gasteiger partial charge on any atom is -0.493 e. The largest absolute Gasteiger partial charge is 0.493 e. The first-order valence-electron chi connectivity index (χ1n) is 8.45. The van der Waals surface area contributed by atoms with E-state index in [4.69, 9.17) is 44.3 Å². The van der Waals surface area contributed by atoms with Gasteiger partial charge in [0.1, 0.15) is 6.61 Å². The third-order valence-corrected chi connectivity index (χ3v) is 4.94. The first kappa shape index (κ1) is 20.5.